The van der Waals surface area contributed by atoms with Gasteiger partial charge in [0.15, 0.2) is 5.82 Å². The molecule has 1 heterocycles. The van der Waals surface area contributed by atoms with Crippen LogP contribution in [0.3, 0.4) is 0 Å². The Morgan fingerprint density at radius 1 is 0.733 bits per heavy atom. The zero-order valence-corrected chi connectivity index (χ0v) is 19.1. The zero-order valence-electron chi connectivity index (χ0n) is 19.1. The molecule has 0 spiro atoms. The van der Waals surface area contributed by atoms with Crippen LogP contribution in [0.4, 0.5) is 0 Å². The van der Waals surface area contributed by atoms with Crippen LogP contribution in [0, 0.1) is 0 Å². The van der Waals surface area contributed by atoms with Crippen molar-refractivity contribution >= 4 is 0 Å². The number of ether oxygens (including phenoxy) is 1. The van der Waals surface area contributed by atoms with Crippen LogP contribution in [0.2, 0.25) is 0 Å². The summed E-state index contributed by atoms with van der Waals surface area (Å²) in [5, 5.41) is 0. The molecule has 0 aliphatic carbocycles. The molecule has 0 aliphatic heterocycles. The summed E-state index contributed by atoms with van der Waals surface area (Å²) in [6, 6.07) is 8.00. The van der Waals surface area contributed by atoms with E-state index in [4.69, 9.17) is 4.74 Å². The molecule has 3 heteroatoms. The van der Waals surface area contributed by atoms with Gasteiger partial charge >= 0.3 is 0 Å². The molecular weight excluding hydrogens is 368 g/mol. The minimum atomic E-state index is 0.774. The molecular formula is C27H40N2O. The molecule has 0 saturated carbocycles. The predicted molar refractivity (Wildman–Crippen MR) is 128 cm³/mol. The van der Waals surface area contributed by atoms with Crippen LogP contribution in [0.5, 0.6) is 5.75 Å². The van der Waals surface area contributed by atoms with Gasteiger partial charge in [-0.05, 0) is 61.6 Å². The van der Waals surface area contributed by atoms with E-state index < -0.39 is 0 Å². The van der Waals surface area contributed by atoms with Gasteiger partial charge in [-0.3, -0.25) is 0 Å². The van der Waals surface area contributed by atoms with E-state index in [1.165, 1.54) is 76.2 Å². The fraction of sp³-hybridized carbons (Fsp3) is 0.556. The molecule has 1 aromatic heterocycles. The average Bonchev–Trinajstić information content (AvgIpc) is 2.79. The lowest BCUT2D eigenvalue weighted by Gasteiger charge is -2.05. The van der Waals surface area contributed by atoms with Crippen LogP contribution in [-0.4, -0.2) is 9.97 Å². The molecule has 164 valence electrons. The molecule has 0 N–H and O–H groups in total. The topological polar surface area (TPSA) is 35.0 Å². The van der Waals surface area contributed by atoms with Crippen molar-refractivity contribution in [3.05, 3.63) is 54.6 Å². The van der Waals surface area contributed by atoms with Crippen molar-refractivity contribution in [2.45, 2.75) is 97.3 Å². The minimum absolute atomic E-state index is 0.774. The van der Waals surface area contributed by atoms with Crippen molar-refractivity contribution in [1.82, 2.24) is 9.97 Å². The molecule has 30 heavy (non-hydrogen) atoms. The Balaban J connectivity index is 1.70. The van der Waals surface area contributed by atoms with Crippen molar-refractivity contribution in [1.29, 1.82) is 0 Å². The van der Waals surface area contributed by atoms with Crippen LogP contribution in [0.25, 0.3) is 11.4 Å². The highest BCUT2D eigenvalue weighted by Crippen LogP contribution is 2.20. The Kier molecular flexibility index (Phi) is 12.6. The van der Waals surface area contributed by atoms with Gasteiger partial charge in [-0.1, -0.05) is 71.6 Å². The Morgan fingerprint density at radius 3 is 2.00 bits per heavy atom. The molecule has 2 aromatic rings. The quantitative estimate of drug-likeness (QED) is 0.207. The Hall–Kier alpha value is -2.16. The molecule has 2 rings (SSSR count). The molecule has 0 atom stereocenters. The fourth-order valence-electron chi connectivity index (χ4n) is 3.49. The number of hydrogen-bond donors (Lipinski definition) is 0. The van der Waals surface area contributed by atoms with E-state index in [9.17, 15) is 0 Å². The highest BCUT2D eigenvalue weighted by molar-refractivity contribution is 5.55. The van der Waals surface area contributed by atoms with E-state index in [1.54, 1.807) is 6.26 Å². The molecule has 0 unspecified atom stereocenters. The van der Waals surface area contributed by atoms with E-state index in [0.29, 0.717) is 0 Å². The van der Waals surface area contributed by atoms with E-state index in [-0.39, 0.29) is 0 Å². The number of hydrogen-bond acceptors (Lipinski definition) is 3. The highest BCUT2D eigenvalue weighted by Gasteiger charge is 2.03. The van der Waals surface area contributed by atoms with Gasteiger partial charge in [0.25, 0.3) is 0 Å². The van der Waals surface area contributed by atoms with Gasteiger partial charge in [-0.15, -0.1) is 0 Å². The van der Waals surface area contributed by atoms with Gasteiger partial charge in [-0.25, -0.2) is 9.97 Å². The third-order valence-electron chi connectivity index (χ3n) is 5.41. The summed E-state index contributed by atoms with van der Waals surface area (Å²) in [4.78, 5) is 9.13. The third-order valence-corrected chi connectivity index (χ3v) is 5.41. The van der Waals surface area contributed by atoms with E-state index >= 15 is 0 Å². The SMILES string of the molecule is CCCCCC/C=C\Oc1ccc(-c2ncc(CCCCCCCCC)cn2)cc1. The standard InChI is InChI=1S/C27H40N2O/c1-3-5-7-9-11-12-14-16-24-22-28-27(29-23-24)25-17-19-26(20-18-25)30-21-15-13-10-8-6-4-2/h15,17-23H,3-14,16H2,1-2H3/b21-15-. The predicted octanol–water partition coefficient (Wildman–Crippen LogP) is 8.30. The van der Waals surface area contributed by atoms with Gasteiger partial charge in [0.2, 0.25) is 0 Å². The van der Waals surface area contributed by atoms with Gasteiger partial charge in [0.1, 0.15) is 5.75 Å². The maximum atomic E-state index is 5.69. The first-order chi connectivity index (χ1) is 14.8. The van der Waals surface area contributed by atoms with E-state index in [0.717, 1.165) is 30.0 Å². The smallest absolute Gasteiger partial charge is 0.159 e. The van der Waals surface area contributed by atoms with Crippen molar-refractivity contribution in [3.63, 3.8) is 0 Å². The fourth-order valence-corrected chi connectivity index (χ4v) is 3.49. The van der Waals surface area contributed by atoms with E-state index in [1.807, 2.05) is 36.7 Å². The van der Waals surface area contributed by atoms with Crippen LogP contribution in [0.1, 0.15) is 96.5 Å². The first kappa shape index (κ1) is 24.1. The lowest BCUT2D eigenvalue weighted by molar-refractivity contribution is 0.477. The zero-order chi connectivity index (χ0) is 21.3. The van der Waals surface area contributed by atoms with Crippen molar-refractivity contribution in [2.24, 2.45) is 0 Å². The summed E-state index contributed by atoms with van der Waals surface area (Å²) in [7, 11) is 0. The second-order valence-corrected chi connectivity index (χ2v) is 8.15. The van der Waals surface area contributed by atoms with Crippen LogP contribution >= 0.6 is 0 Å². The molecule has 0 bridgehead atoms. The Bertz CT molecular complexity index is 692. The second-order valence-electron chi connectivity index (χ2n) is 8.15. The lowest BCUT2D eigenvalue weighted by atomic mass is 10.1. The van der Waals surface area contributed by atoms with Gasteiger partial charge in [0.05, 0.1) is 6.26 Å². The van der Waals surface area contributed by atoms with Crippen molar-refractivity contribution in [3.8, 4) is 17.1 Å². The average molecular weight is 409 g/mol. The van der Waals surface area contributed by atoms with Crippen molar-refractivity contribution in [2.75, 3.05) is 0 Å². The number of allylic oxidation sites excluding steroid dienone is 1. The van der Waals surface area contributed by atoms with Gasteiger partial charge in [-0.2, -0.15) is 0 Å². The summed E-state index contributed by atoms with van der Waals surface area (Å²) < 4.78 is 5.69. The summed E-state index contributed by atoms with van der Waals surface area (Å²) >= 11 is 0. The number of benzene rings is 1. The van der Waals surface area contributed by atoms with Crippen LogP contribution in [0.15, 0.2) is 49.0 Å². The number of nitrogens with zero attached hydrogens (tertiary/aromatic N) is 2. The normalized spacial score (nSPS) is 11.3. The summed E-state index contributed by atoms with van der Waals surface area (Å²) in [5.41, 5.74) is 2.25. The largest absolute Gasteiger partial charge is 0.465 e. The maximum absolute atomic E-state index is 5.69. The number of aryl methyl sites for hydroxylation is 1. The van der Waals surface area contributed by atoms with Crippen LogP contribution < -0.4 is 4.74 Å². The number of rotatable bonds is 16. The molecule has 3 nitrogen and oxygen atoms in total. The monoisotopic (exact) mass is 408 g/mol. The van der Waals surface area contributed by atoms with Crippen LogP contribution in [-0.2, 0) is 6.42 Å². The lowest BCUT2D eigenvalue weighted by Crippen LogP contribution is -1.93. The summed E-state index contributed by atoms with van der Waals surface area (Å²) in [5.74, 6) is 1.62. The molecule has 0 radical (unpaired) electrons. The second kappa shape index (κ2) is 15.6. The first-order valence-corrected chi connectivity index (χ1v) is 12.1. The van der Waals surface area contributed by atoms with Crippen molar-refractivity contribution < 1.29 is 4.74 Å². The summed E-state index contributed by atoms with van der Waals surface area (Å²) in [6.07, 6.45) is 24.5. The Labute approximate surface area is 184 Å². The minimum Gasteiger partial charge on any atom is -0.465 e. The molecule has 0 fully saturated rings. The van der Waals surface area contributed by atoms with Gasteiger partial charge in [0, 0.05) is 18.0 Å². The van der Waals surface area contributed by atoms with Gasteiger partial charge < -0.3 is 4.74 Å². The first-order valence-electron chi connectivity index (χ1n) is 12.1. The third kappa shape index (κ3) is 10.0. The maximum Gasteiger partial charge on any atom is 0.159 e. The molecule has 0 saturated heterocycles. The number of aromatic nitrogens is 2. The Morgan fingerprint density at radius 2 is 1.33 bits per heavy atom. The highest BCUT2D eigenvalue weighted by atomic mass is 16.5. The summed E-state index contributed by atoms with van der Waals surface area (Å²) in [6.45, 7) is 4.50. The molecule has 1 aromatic carbocycles. The molecule has 0 aliphatic rings. The van der Waals surface area contributed by atoms with E-state index in [2.05, 4.69) is 29.9 Å². The molecule has 0 amide bonds. The number of unbranched alkanes of at least 4 members (excludes halogenated alkanes) is 10.